The summed E-state index contributed by atoms with van der Waals surface area (Å²) in [5, 5.41) is 3.36. The SMILES string of the molecule is C#CCC(C)NCCc1cccnc1. The van der Waals surface area contributed by atoms with Crippen molar-refractivity contribution >= 4 is 0 Å². The maximum atomic E-state index is 5.21. The first-order valence-corrected chi connectivity index (χ1v) is 4.88. The molecule has 0 spiro atoms. The maximum absolute atomic E-state index is 5.21. The quantitative estimate of drug-likeness (QED) is 0.710. The second-order valence-corrected chi connectivity index (χ2v) is 3.37. The second-order valence-electron chi connectivity index (χ2n) is 3.37. The van der Waals surface area contributed by atoms with E-state index in [2.05, 4.69) is 29.2 Å². The van der Waals surface area contributed by atoms with E-state index < -0.39 is 0 Å². The van der Waals surface area contributed by atoms with E-state index in [1.54, 1.807) is 6.20 Å². The molecule has 1 aromatic rings. The Balaban J connectivity index is 2.19. The number of nitrogens with zero attached hydrogens (tertiary/aromatic N) is 1. The molecule has 74 valence electrons. The van der Waals surface area contributed by atoms with Gasteiger partial charge in [-0.1, -0.05) is 6.07 Å². The molecule has 14 heavy (non-hydrogen) atoms. The van der Waals surface area contributed by atoms with Gasteiger partial charge in [0.25, 0.3) is 0 Å². The summed E-state index contributed by atoms with van der Waals surface area (Å²) in [5.41, 5.74) is 1.26. The van der Waals surface area contributed by atoms with Crippen LogP contribution in [0.5, 0.6) is 0 Å². The molecule has 1 aromatic heterocycles. The summed E-state index contributed by atoms with van der Waals surface area (Å²) in [7, 11) is 0. The average Bonchev–Trinajstić information content (AvgIpc) is 2.20. The molecule has 1 heterocycles. The largest absolute Gasteiger partial charge is 0.313 e. The van der Waals surface area contributed by atoms with Crippen molar-refractivity contribution in [3.63, 3.8) is 0 Å². The monoisotopic (exact) mass is 188 g/mol. The normalized spacial score (nSPS) is 12.0. The van der Waals surface area contributed by atoms with Crippen LogP contribution in [-0.2, 0) is 6.42 Å². The van der Waals surface area contributed by atoms with Crippen LogP contribution in [0, 0.1) is 12.3 Å². The Morgan fingerprint density at radius 2 is 2.50 bits per heavy atom. The Bertz CT molecular complexity index is 287. The van der Waals surface area contributed by atoms with Gasteiger partial charge in [0.1, 0.15) is 0 Å². The van der Waals surface area contributed by atoms with Crippen molar-refractivity contribution in [3.8, 4) is 12.3 Å². The molecule has 0 amide bonds. The van der Waals surface area contributed by atoms with E-state index in [9.17, 15) is 0 Å². The van der Waals surface area contributed by atoms with Crippen LogP contribution in [0.1, 0.15) is 18.9 Å². The van der Waals surface area contributed by atoms with E-state index >= 15 is 0 Å². The average molecular weight is 188 g/mol. The molecule has 0 aromatic carbocycles. The van der Waals surface area contributed by atoms with Crippen LogP contribution in [0.25, 0.3) is 0 Å². The third kappa shape index (κ3) is 4.06. The zero-order valence-corrected chi connectivity index (χ0v) is 8.53. The van der Waals surface area contributed by atoms with Crippen molar-refractivity contribution in [1.29, 1.82) is 0 Å². The minimum Gasteiger partial charge on any atom is -0.313 e. The Hall–Kier alpha value is -1.33. The lowest BCUT2D eigenvalue weighted by Gasteiger charge is -2.09. The van der Waals surface area contributed by atoms with Crippen LogP contribution in [-0.4, -0.2) is 17.6 Å². The number of terminal acetylenes is 1. The second kappa shape index (κ2) is 6.17. The van der Waals surface area contributed by atoms with Crippen molar-refractivity contribution in [2.75, 3.05) is 6.54 Å². The molecule has 1 N–H and O–H groups in total. The van der Waals surface area contributed by atoms with Gasteiger partial charge in [0.15, 0.2) is 0 Å². The first-order valence-electron chi connectivity index (χ1n) is 4.88. The third-order valence-corrected chi connectivity index (χ3v) is 2.05. The molecular formula is C12H16N2. The summed E-state index contributed by atoms with van der Waals surface area (Å²) in [6, 6.07) is 4.44. The van der Waals surface area contributed by atoms with E-state index in [1.807, 2.05) is 12.3 Å². The number of nitrogens with one attached hydrogen (secondary N) is 1. The molecule has 1 unspecified atom stereocenters. The molecular weight excluding hydrogens is 172 g/mol. The Morgan fingerprint density at radius 3 is 3.14 bits per heavy atom. The fraction of sp³-hybridized carbons (Fsp3) is 0.417. The predicted octanol–water partition coefficient (Wildman–Crippen LogP) is 1.63. The van der Waals surface area contributed by atoms with Crippen LogP contribution < -0.4 is 5.32 Å². The molecule has 2 heteroatoms. The van der Waals surface area contributed by atoms with Gasteiger partial charge >= 0.3 is 0 Å². The van der Waals surface area contributed by atoms with Crippen LogP contribution in [0.4, 0.5) is 0 Å². The summed E-state index contributed by atoms with van der Waals surface area (Å²) in [6.45, 7) is 3.05. The molecule has 0 saturated carbocycles. The Kier molecular flexibility index (Phi) is 4.74. The van der Waals surface area contributed by atoms with Gasteiger partial charge in [-0.05, 0) is 31.5 Å². The lowest BCUT2D eigenvalue weighted by atomic mass is 10.2. The molecule has 1 atom stereocenters. The van der Waals surface area contributed by atoms with Gasteiger partial charge in [-0.2, -0.15) is 0 Å². The highest BCUT2D eigenvalue weighted by atomic mass is 14.9. The number of aromatic nitrogens is 1. The van der Waals surface area contributed by atoms with Gasteiger partial charge in [-0.15, -0.1) is 12.3 Å². The molecule has 0 bridgehead atoms. The van der Waals surface area contributed by atoms with Crippen LogP contribution in [0.2, 0.25) is 0 Å². The van der Waals surface area contributed by atoms with E-state index in [0.29, 0.717) is 6.04 Å². The summed E-state index contributed by atoms with van der Waals surface area (Å²) in [4.78, 5) is 4.06. The van der Waals surface area contributed by atoms with Gasteiger partial charge in [0, 0.05) is 24.9 Å². The summed E-state index contributed by atoms with van der Waals surface area (Å²) >= 11 is 0. The highest BCUT2D eigenvalue weighted by Gasteiger charge is 1.98. The first kappa shape index (κ1) is 10.7. The lowest BCUT2D eigenvalue weighted by molar-refractivity contribution is 0.562. The summed E-state index contributed by atoms with van der Waals surface area (Å²) in [6.07, 6.45) is 10.7. The van der Waals surface area contributed by atoms with E-state index in [1.165, 1.54) is 5.56 Å². The van der Waals surface area contributed by atoms with Crippen molar-refractivity contribution in [1.82, 2.24) is 10.3 Å². The standard InChI is InChI=1S/C12H16N2/c1-3-5-11(2)14-9-7-12-6-4-8-13-10-12/h1,4,6,8,10-11,14H,5,7,9H2,2H3. The Labute approximate surface area is 85.8 Å². The smallest absolute Gasteiger partial charge is 0.0300 e. The molecule has 2 nitrogen and oxygen atoms in total. The molecule has 0 radical (unpaired) electrons. The van der Waals surface area contributed by atoms with Gasteiger partial charge in [-0.3, -0.25) is 4.98 Å². The number of rotatable bonds is 5. The predicted molar refractivity (Wildman–Crippen MR) is 58.9 cm³/mol. The van der Waals surface area contributed by atoms with Crippen molar-refractivity contribution < 1.29 is 0 Å². The molecule has 1 rings (SSSR count). The lowest BCUT2D eigenvalue weighted by Crippen LogP contribution is -2.27. The highest BCUT2D eigenvalue weighted by molar-refractivity contribution is 5.08. The van der Waals surface area contributed by atoms with Gasteiger partial charge in [-0.25, -0.2) is 0 Å². The van der Waals surface area contributed by atoms with Crippen molar-refractivity contribution in [2.24, 2.45) is 0 Å². The van der Waals surface area contributed by atoms with Crippen LogP contribution in [0.3, 0.4) is 0 Å². The highest BCUT2D eigenvalue weighted by Crippen LogP contribution is 1.96. The number of hydrogen-bond donors (Lipinski definition) is 1. The third-order valence-electron chi connectivity index (χ3n) is 2.05. The minimum absolute atomic E-state index is 0.400. The Morgan fingerprint density at radius 1 is 1.64 bits per heavy atom. The van der Waals surface area contributed by atoms with Crippen molar-refractivity contribution in [3.05, 3.63) is 30.1 Å². The van der Waals surface area contributed by atoms with Crippen LogP contribution in [0.15, 0.2) is 24.5 Å². The first-order chi connectivity index (χ1) is 6.83. The molecule has 0 fully saturated rings. The molecule has 0 aliphatic carbocycles. The fourth-order valence-corrected chi connectivity index (χ4v) is 1.26. The molecule has 0 saturated heterocycles. The maximum Gasteiger partial charge on any atom is 0.0300 e. The van der Waals surface area contributed by atoms with Gasteiger partial charge < -0.3 is 5.32 Å². The van der Waals surface area contributed by atoms with E-state index in [0.717, 1.165) is 19.4 Å². The van der Waals surface area contributed by atoms with Gasteiger partial charge in [0.05, 0.1) is 0 Å². The summed E-state index contributed by atoms with van der Waals surface area (Å²) < 4.78 is 0. The van der Waals surface area contributed by atoms with Crippen LogP contribution >= 0.6 is 0 Å². The number of pyridine rings is 1. The molecule has 0 aliphatic rings. The summed E-state index contributed by atoms with van der Waals surface area (Å²) in [5.74, 6) is 2.64. The minimum atomic E-state index is 0.400. The molecule has 0 aliphatic heterocycles. The van der Waals surface area contributed by atoms with Gasteiger partial charge in [0.2, 0.25) is 0 Å². The van der Waals surface area contributed by atoms with E-state index in [-0.39, 0.29) is 0 Å². The van der Waals surface area contributed by atoms with Crippen molar-refractivity contribution in [2.45, 2.75) is 25.8 Å². The number of hydrogen-bond acceptors (Lipinski definition) is 2. The zero-order chi connectivity index (χ0) is 10.2. The topological polar surface area (TPSA) is 24.9 Å². The zero-order valence-electron chi connectivity index (χ0n) is 8.53. The van der Waals surface area contributed by atoms with E-state index in [4.69, 9.17) is 6.42 Å². The fourth-order valence-electron chi connectivity index (χ4n) is 1.26.